The van der Waals surface area contributed by atoms with Gasteiger partial charge in [-0.3, -0.25) is 9.59 Å². The van der Waals surface area contributed by atoms with Crippen LogP contribution in [-0.2, 0) is 4.79 Å². The lowest BCUT2D eigenvalue weighted by atomic mass is 10.0. The van der Waals surface area contributed by atoms with Crippen LogP contribution < -0.4 is 16.0 Å². The zero-order valence-corrected chi connectivity index (χ0v) is 12.6. The topological polar surface area (TPSA) is 113 Å². The number of rotatable bonds is 4. The fourth-order valence-electron chi connectivity index (χ4n) is 2.75. The first-order chi connectivity index (χ1) is 11.5. The van der Waals surface area contributed by atoms with Gasteiger partial charge >= 0.3 is 5.97 Å². The van der Waals surface area contributed by atoms with E-state index in [0.717, 1.165) is 0 Å². The highest BCUT2D eigenvalue weighted by Crippen LogP contribution is 2.32. The number of para-hydroxylation sites is 1. The fourth-order valence-corrected chi connectivity index (χ4v) is 2.75. The lowest BCUT2D eigenvalue weighted by molar-refractivity contribution is -0.116. The van der Waals surface area contributed by atoms with Gasteiger partial charge in [0.1, 0.15) is 6.17 Å². The highest BCUT2D eigenvalue weighted by atomic mass is 16.4. The molecule has 122 valence electrons. The number of fused-ring (bicyclic) bond motifs is 1. The van der Waals surface area contributed by atoms with E-state index in [1.165, 1.54) is 12.1 Å². The van der Waals surface area contributed by atoms with Crippen molar-refractivity contribution < 1.29 is 19.5 Å². The number of amides is 2. The molecular formula is C17H15N3O4. The van der Waals surface area contributed by atoms with Crippen molar-refractivity contribution >= 4 is 23.5 Å². The van der Waals surface area contributed by atoms with Gasteiger partial charge in [-0.25, -0.2) is 4.79 Å². The average Bonchev–Trinajstić information content (AvgIpc) is 2.57. The second-order valence-corrected chi connectivity index (χ2v) is 5.41. The Bertz CT molecular complexity index is 817. The molecule has 7 nitrogen and oxygen atoms in total. The molecule has 0 bridgehead atoms. The first kappa shape index (κ1) is 15.5. The molecule has 1 atom stereocenters. The number of hydrogen-bond donors (Lipinski definition) is 3. The van der Waals surface area contributed by atoms with Gasteiger partial charge in [0, 0.05) is 0 Å². The van der Waals surface area contributed by atoms with Gasteiger partial charge in [0.25, 0.3) is 5.91 Å². The number of nitrogens with zero attached hydrogens (tertiary/aromatic N) is 1. The Morgan fingerprint density at radius 3 is 2.42 bits per heavy atom. The Kier molecular flexibility index (Phi) is 3.91. The third-order valence-electron chi connectivity index (χ3n) is 3.84. The molecule has 2 aromatic rings. The molecule has 0 aliphatic carbocycles. The van der Waals surface area contributed by atoms with E-state index in [4.69, 9.17) is 10.8 Å². The van der Waals surface area contributed by atoms with Gasteiger partial charge in [0.15, 0.2) is 0 Å². The van der Waals surface area contributed by atoms with Crippen molar-refractivity contribution in [2.45, 2.75) is 6.17 Å². The fraction of sp³-hybridized carbons (Fsp3) is 0.118. The summed E-state index contributed by atoms with van der Waals surface area (Å²) < 4.78 is 0. The second-order valence-electron chi connectivity index (χ2n) is 5.41. The highest BCUT2D eigenvalue weighted by molar-refractivity contribution is 6.02. The molecule has 4 N–H and O–H groups in total. The van der Waals surface area contributed by atoms with Gasteiger partial charge < -0.3 is 21.1 Å². The van der Waals surface area contributed by atoms with Gasteiger partial charge in [-0.2, -0.15) is 0 Å². The van der Waals surface area contributed by atoms with Gasteiger partial charge in [-0.1, -0.05) is 24.3 Å². The van der Waals surface area contributed by atoms with E-state index in [2.05, 4.69) is 5.32 Å². The summed E-state index contributed by atoms with van der Waals surface area (Å²) in [5.74, 6) is -1.83. The minimum absolute atomic E-state index is 0.0807. The summed E-state index contributed by atoms with van der Waals surface area (Å²) in [7, 11) is 0. The second kappa shape index (κ2) is 6.04. The van der Waals surface area contributed by atoms with Crippen LogP contribution in [0.1, 0.15) is 32.4 Å². The molecule has 0 saturated carbocycles. The summed E-state index contributed by atoms with van der Waals surface area (Å²) in [5.41, 5.74) is 7.21. The molecule has 0 spiro atoms. The normalized spacial score (nSPS) is 16.2. The van der Waals surface area contributed by atoms with Crippen LogP contribution in [0, 0.1) is 0 Å². The van der Waals surface area contributed by atoms with Crippen LogP contribution >= 0.6 is 0 Å². The summed E-state index contributed by atoms with van der Waals surface area (Å²) in [6, 6.07) is 13.0. The molecule has 3 rings (SSSR count). The Hall–Kier alpha value is -3.35. The summed E-state index contributed by atoms with van der Waals surface area (Å²) in [5, 5.41) is 11.8. The number of nitrogens with one attached hydrogen (secondary N) is 1. The number of carbonyl (C=O) groups is 3. The Morgan fingerprint density at radius 2 is 1.79 bits per heavy atom. The van der Waals surface area contributed by atoms with E-state index in [1.807, 2.05) is 0 Å². The minimum Gasteiger partial charge on any atom is -0.478 e. The number of carboxylic acid groups (broad SMARTS) is 1. The van der Waals surface area contributed by atoms with E-state index >= 15 is 0 Å². The Balaban J connectivity index is 2.04. The van der Waals surface area contributed by atoms with E-state index in [0.29, 0.717) is 16.8 Å². The van der Waals surface area contributed by atoms with Crippen molar-refractivity contribution in [1.29, 1.82) is 0 Å². The molecule has 2 amide bonds. The van der Waals surface area contributed by atoms with Crippen LogP contribution in [0.2, 0.25) is 0 Å². The predicted octanol–water partition coefficient (Wildman–Crippen LogP) is 1.12. The largest absolute Gasteiger partial charge is 0.478 e. The molecule has 0 saturated heterocycles. The number of carbonyl (C=O) groups excluding carboxylic acids is 2. The van der Waals surface area contributed by atoms with Gasteiger partial charge in [-0.15, -0.1) is 0 Å². The zero-order chi connectivity index (χ0) is 17.3. The molecule has 0 aromatic heterocycles. The number of carboxylic acids is 1. The van der Waals surface area contributed by atoms with E-state index < -0.39 is 18.0 Å². The van der Waals surface area contributed by atoms with Crippen molar-refractivity contribution in [3.8, 4) is 0 Å². The van der Waals surface area contributed by atoms with Crippen LogP contribution in [0.25, 0.3) is 0 Å². The molecule has 24 heavy (non-hydrogen) atoms. The minimum atomic E-state index is -1.03. The first-order valence-electron chi connectivity index (χ1n) is 7.25. The first-order valence-corrected chi connectivity index (χ1v) is 7.25. The van der Waals surface area contributed by atoms with Crippen LogP contribution in [0.3, 0.4) is 0 Å². The molecule has 0 unspecified atom stereocenters. The number of primary amides is 1. The molecule has 0 fully saturated rings. The zero-order valence-electron chi connectivity index (χ0n) is 12.6. The number of hydrogen-bond acceptors (Lipinski definition) is 4. The van der Waals surface area contributed by atoms with E-state index in [9.17, 15) is 14.4 Å². The smallest absolute Gasteiger partial charge is 0.335 e. The summed E-state index contributed by atoms with van der Waals surface area (Å²) in [6.07, 6.45) is -0.609. The molecule has 1 heterocycles. The summed E-state index contributed by atoms with van der Waals surface area (Å²) in [4.78, 5) is 36.5. The standard InChI is InChI=1S/C17H15N3O4/c18-14(21)9-20-13-4-2-1-3-12(13)16(22)19-15(20)10-5-7-11(8-6-10)17(23)24/h1-8,15H,9H2,(H2,18,21)(H,19,22)(H,23,24)/t15-/m0/s1. The quantitative estimate of drug-likeness (QED) is 0.779. The summed E-state index contributed by atoms with van der Waals surface area (Å²) >= 11 is 0. The maximum absolute atomic E-state index is 12.3. The molecule has 0 radical (unpaired) electrons. The van der Waals surface area contributed by atoms with Crippen molar-refractivity contribution in [3.63, 3.8) is 0 Å². The Morgan fingerprint density at radius 1 is 1.12 bits per heavy atom. The third-order valence-corrected chi connectivity index (χ3v) is 3.84. The van der Waals surface area contributed by atoms with Crippen molar-refractivity contribution in [2.24, 2.45) is 5.73 Å². The van der Waals surface area contributed by atoms with Crippen molar-refractivity contribution in [1.82, 2.24) is 5.32 Å². The van der Waals surface area contributed by atoms with Gasteiger partial charge in [0.2, 0.25) is 5.91 Å². The maximum atomic E-state index is 12.3. The molecule has 1 aliphatic heterocycles. The van der Waals surface area contributed by atoms with Gasteiger partial charge in [-0.05, 0) is 29.8 Å². The van der Waals surface area contributed by atoms with Crippen LogP contribution in [-0.4, -0.2) is 29.4 Å². The lowest BCUT2D eigenvalue weighted by Crippen LogP contribution is -2.49. The number of anilines is 1. The number of benzene rings is 2. The third kappa shape index (κ3) is 2.79. The highest BCUT2D eigenvalue weighted by Gasteiger charge is 2.32. The molecule has 1 aliphatic rings. The number of nitrogens with two attached hydrogens (primary N) is 1. The van der Waals surface area contributed by atoms with Crippen LogP contribution in [0.4, 0.5) is 5.69 Å². The van der Waals surface area contributed by atoms with Crippen LogP contribution in [0.5, 0.6) is 0 Å². The average molecular weight is 325 g/mol. The molecular weight excluding hydrogens is 310 g/mol. The lowest BCUT2D eigenvalue weighted by Gasteiger charge is -2.38. The van der Waals surface area contributed by atoms with Gasteiger partial charge in [0.05, 0.1) is 23.4 Å². The van der Waals surface area contributed by atoms with E-state index in [-0.39, 0.29) is 18.0 Å². The number of aromatic carboxylic acids is 1. The van der Waals surface area contributed by atoms with Crippen LogP contribution in [0.15, 0.2) is 48.5 Å². The molecule has 7 heteroatoms. The van der Waals surface area contributed by atoms with Crippen molar-refractivity contribution in [2.75, 3.05) is 11.4 Å². The Labute approximate surface area is 137 Å². The predicted molar refractivity (Wildman–Crippen MR) is 86.6 cm³/mol. The maximum Gasteiger partial charge on any atom is 0.335 e. The SMILES string of the molecule is NC(=O)CN1c2ccccc2C(=O)N[C@@H]1c1ccc(C(=O)O)cc1. The monoisotopic (exact) mass is 325 g/mol. The molecule has 2 aromatic carbocycles. The van der Waals surface area contributed by atoms with E-state index in [1.54, 1.807) is 41.3 Å². The summed E-state index contributed by atoms with van der Waals surface area (Å²) in [6.45, 7) is -0.0807. The van der Waals surface area contributed by atoms with Crippen molar-refractivity contribution in [3.05, 3.63) is 65.2 Å².